The highest BCUT2D eigenvalue weighted by Crippen LogP contribution is 2.43. The van der Waals surface area contributed by atoms with E-state index in [1.165, 1.54) is 16.1 Å². The maximum absolute atomic E-state index is 12.0. The lowest BCUT2D eigenvalue weighted by Gasteiger charge is -2.42. The standard InChI is InChI=1S/C21H30N4O4S/c1-29-20-5-4-17(10-18(20)12-24-8-3-7-22-24)11-23-9-6-21(16-26)15-25(30(2,27)28)14-19(21)13-23/h3-5,7-8,10,19,26H,6,9,11-16H2,1-2H3/t19-,21+/m1/s1. The molecule has 2 aliphatic heterocycles. The zero-order valence-electron chi connectivity index (χ0n) is 17.6. The van der Waals surface area contributed by atoms with Gasteiger partial charge in [0.2, 0.25) is 10.0 Å². The van der Waals surface area contributed by atoms with Crippen LogP contribution in [0.5, 0.6) is 5.75 Å². The van der Waals surface area contributed by atoms with Crippen LogP contribution in [0.2, 0.25) is 0 Å². The van der Waals surface area contributed by atoms with Crippen LogP contribution in [0.25, 0.3) is 0 Å². The second kappa shape index (κ2) is 8.30. The molecule has 2 saturated heterocycles. The average molecular weight is 435 g/mol. The molecule has 2 aromatic rings. The number of sulfonamides is 1. The van der Waals surface area contributed by atoms with Gasteiger partial charge in [0, 0.05) is 49.6 Å². The summed E-state index contributed by atoms with van der Waals surface area (Å²) in [5.74, 6) is 0.986. The van der Waals surface area contributed by atoms with Crippen LogP contribution in [0.3, 0.4) is 0 Å². The van der Waals surface area contributed by atoms with E-state index >= 15 is 0 Å². The van der Waals surface area contributed by atoms with Gasteiger partial charge in [-0.3, -0.25) is 9.58 Å². The van der Waals surface area contributed by atoms with Crippen LogP contribution in [-0.4, -0.2) is 78.7 Å². The number of aliphatic hydroxyl groups excluding tert-OH is 1. The van der Waals surface area contributed by atoms with Gasteiger partial charge in [0.05, 0.1) is 26.5 Å². The SMILES string of the molecule is COc1ccc(CN2CC[C@@]3(CO)CN(S(C)(=O)=O)C[C@H]3C2)cc1Cn1cccn1. The number of ether oxygens (including phenoxy) is 1. The van der Waals surface area contributed by atoms with Gasteiger partial charge in [-0.25, -0.2) is 12.7 Å². The molecule has 1 aromatic carbocycles. The molecule has 4 rings (SSSR count). The molecule has 0 unspecified atom stereocenters. The summed E-state index contributed by atoms with van der Waals surface area (Å²) in [5, 5.41) is 14.4. The number of fused-ring (bicyclic) bond motifs is 1. The summed E-state index contributed by atoms with van der Waals surface area (Å²) in [6.45, 7) is 4.01. The minimum Gasteiger partial charge on any atom is -0.496 e. The lowest BCUT2D eigenvalue weighted by Crippen LogP contribution is -2.48. The van der Waals surface area contributed by atoms with Crippen molar-refractivity contribution in [3.8, 4) is 5.75 Å². The minimum atomic E-state index is -3.24. The highest BCUT2D eigenvalue weighted by Gasteiger charge is 2.51. The van der Waals surface area contributed by atoms with E-state index in [4.69, 9.17) is 4.74 Å². The van der Waals surface area contributed by atoms with Crippen molar-refractivity contribution < 1.29 is 18.3 Å². The minimum absolute atomic E-state index is 0.0358. The molecule has 0 aliphatic carbocycles. The van der Waals surface area contributed by atoms with Gasteiger partial charge in [0.1, 0.15) is 5.75 Å². The molecule has 0 saturated carbocycles. The van der Waals surface area contributed by atoms with Crippen molar-refractivity contribution >= 4 is 10.0 Å². The van der Waals surface area contributed by atoms with Crippen molar-refractivity contribution in [2.24, 2.45) is 11.3 Å². The molecular weight excluding hydrogens is 404 g/mol. The van der Waals surface area contributed by atoms with Gasteiger partial charge >= 0.3 is 0 Å². The third kappa shape index (κ3) is 4.25. The number of piperidine rings is 1. The highest BCUT2D eigenvalue weighted by molar-refractivity contribution is 7.88. The smallest absolute Gasteiger partial charge is 0.211 e. The molecule has 164 valence electrons. The molecule has 1 N–H and O–H groups in total. The normalized spacial score (nSPS) is 25.4. The van der Waals surface area contributed by atoms with Crippen LogP contribution in [0.15, 0.2) is 36.7 Å². The van der Waals surface area contributed by atoms with Crippen molar-refractivity contribution in [2.45, 2.75) is 19.5 Å². The molecule has 8 nitrogen and oxygen atoms in total. The van der Waals surface area contributed by atoms with E-state index < -0.39 is 10.0 Å². The van der Waals surface area contributed by atoms with E-state index in [0.29, 0.717) is 19.6 Å². The Kier molecular flexibility index (Phi) is 5.89. The van der Waals surface area contributed by atoms with E-state index in [9.17, 15) is 13.5 Å². The molecule has 0 bridgehead atoms. The van der Waals surface area contributed by atoms with Crippen LogP contribution >= 0.6 is 0 Å². The van der Waals surface area contributed by atoms with Crippen LogP contribution in [0.1, 0.15) is 17.5 Å². The molecule has 3 heterocycles. The first-order chi connectivity index (χ1) is 14.3. The molecule has 30 heavy (non-hydrogen) atoms. The van der Waals surface area contributed by atoms with Gasteiger partial charge in [0.25, 0.3) is 0 Å². The number of hydrogen-bond donors (Lipinski definition) is 1. The van der Waals surface area contributed by atoms with Gasteiger partial charge in [-0.05, 0) is 42.6 Å². The molecule has 2 aliphatic rings. The first kappa shape index (κ1) is 21.3. The Labute approximate surface area is 178 Å². The predicted octanol–water partition coefficient (Wildman–Crippen LogP) is 1.02. The van der Waals surface area contributed by atoms with E-state index in [1.54, 1.807) is 13.3 Å². The first-order valence-electron chi connectivity index (χ1n) is 10.2. The van der Waals surface area contributed by atoms with Crippen molar-refractivity contribution in [1.82, 2.24) is 19.0 Å². The lowest BCUT2D eigenvalue weighted by molar-refractivity contribution is 0.0170. The van der Waals surface area contributed by atoms with E-state index in [-0.39, 0.29) is 17.9 Å². The van der Waals surface area contributed by atoms with Gasteiger partial charge in [0.15, 0.2) is 0 Å². The largest absolute Gasteiger partial charge is 0.496 e. The van der Waals surface area contributed by atoms with Crippen molar-refractivity contribution in [1.29, 1.82) is 0 Å². The van der Waals surface area contributed by atoms with Gasteiger partial charge in [-0.15, -0.1) is 0 Å². The fourth-order valence-corrected chi connectivity index (χ4v) is 5.78. The molecular formula is C21H30N4O4S. The van der Waals surface area contributed by atoms with E-state index in [1.807, 2.05) is 23.0 Å². The Morgan fingerprint density at radius 2 is 2.13 bits per heavy atom. The fraction of sp³-hybridized carbons (Fsp3) is 0.571. The number of likely N-dealkylation sites (tertiary alicyclic amines) is 1. The molecule has 0 spiro atoms. The predicted molar refractivity (Wildman–Crippen MR) is 114 cm³/mol. The first-order valence-corrected chi connectivity index (χ1v) is 12.1. The van der Waals surface area contributed by atoms with Gasteiger partial charge < -0.3 is 9.84 Å². The third-order valence-corrected chi connectivity index (χ3v) is 7.83. The second-order valence-corrected chi connectivity index (χ2v) is 10.6. The number of hydrogen-bond acceptors (Lipinski definition) is 6. The average Bonchev–Trinajstić information content (AvgIpc) is 3.36. The number of methoxy groups -OCH3 is 1. The molecule has 2 fully saturated rings. The maximum atomic E-state index is 12.0. The Morgan fingerprint density at radius 3 is 2.80 bits per heavy atom. The zero-order chi connectivity index (χ0) is 21.4. The number of rotatable bonds is 7. The Hall–Kier alpha value is -1.94. The lowest BCUT2D eigenvalue weighted by atomic mass is 9.73. The molecule has 9 heteroatoms. The van der Waals surface area contributed by atoms with Gasteiger partial charge in [-0.1, -0.05) is 6.07 Å². The van der Waals surface area contributed by atoms with Crippen molar-refractivity contribution in [2.75, 3.05) is 46.2 Å². The second-order valence-electron chi connectivity index (χ2n) is 8.61. The monoisotopic (exact) mass is 434 g/mol. The zero-order valence-corrected chi connectivity index (χ0v) is 18.4. The molecule has 0 radical (unpaired) electrons. The summed E-state index contributed by atoms with van der Waals surface area (Å²) >= 11 is 0. The number of benzene rings is 1. The Balaban J connectivity index is 1.48. The van der Waals surface area contributed by atoms with Gasteiger partial charge in [-0.2, -0.15) is 5.10 Å². The molecule has 1 aromatic heterocycles. The summed E-state index contributed by atoms with van der Waals surface area (Å²) in [6, 6.07) is 8.14. The van der Waals surface area contributed by atoms with E-state index in [2.05, 4.69) is 22.1 Å². The van der Waals surface area contributed by atoms with Crippen LogP contribution in [0.4, 0.5) is 0 Å². The molecule has 0 amide bonds. The van der Waals surface area contributed by atoms with E-state index in [0.717, 1.165) is 37.4 Å². The molecule has 2 atom stereocenters. The number of aliphatic hydroxyl groups is 1. The number of nitrogens with zero attached hydrogens (tertiary/aromatic N) is 4. The maximum Gasteiger partial charge on any atom is 0.211 e. The fourth-order valence-electron chi connectivity index (χ4n) is 4.84. The summed E-state index contributed by atoms with van der Waals surface area (Å²) in [4.78, 5) is 2.36. The Morgan fingerprint density at radius 1 is 1.30 bits per heavy atom. The highest BCUT2D eigenvalue weighted by atomic mass is 32.2. The topological polar surface area (TPSA) is 87.9 Å². The summed E-state index contributed by atoms with van der Waals surface area (Å²) < 4.78 is 33.0. The summed E-state index contributed by atoms with van der Waals surface area (Å²) in [5.41, 5.74) is 1.95. The van der Waals surface area contributed by atoms with Crippen molar-refractivity contribution in [3.63, 3.8) is 0 Å². The van der Waals surface area contributed by atoms with Crippen LogP contribution < -0.4 is 4.74 Å². The third-order valence-electron chi connectivity index (χ3n) is 6.61. The van der Waals surface area contributed by atoms with Crippen LogP contribution in [0, 0.1) is 11.3 Å². The quantitative estimate of drug-likeness (QED) is 0.700. The summed E-state index contributed by atoms with van der Waals surface area (Å²) in [7, 11) is -1.57. The number of aromatic nitrogens is 2. The summed E-state index contributed by atoms with van der Waals surface area (Å²) in [6.07, 6.45) is 5.75. The van der Waals surface area contributed by atoms with Crippen molar-refractivity contribution in [3.05, 3.63) is 47.8 Å². The Bertz CT molecular complexity index is 979. The van der Waals surface area contributed by atoms with Crippen LogP contribution in [-0.2, 0) is 23.1 Å².